The van der Waals surface area contributed by atoms with Crippen LogP contribution in [-0.2, 0) is 16.6 Å². The lowest BCUT2D eigenvalue weighted by Crippen LogP contribution is -2.24. The Morgan fingerprint density at radius 3 is 2.81 bits per heavy atom. The first-order valence-corrected chi connectivity index (χ1v) is 5.04. The highest BCUT2D eigenvalue weighted by Gasteiger charge is 2.24. The molecular formula is C10H16N2O4. The maximum Gasteiger partial charge on any atom is 0.308 e. The predicted octanol–water partition coefficient (Wildman–Crippen LogP) is -0.232. The summed E-state index contributed by atoms with van der Waals surface area (Å²) in [4.78, 5) is 14.9. The third-order valence-electron chi connectivity index (χ3n) is 2.20. The maximum atomic E-state index is 11.1. The van der Waals surface area contributed by atoms with Crippen molar-refractivity contribution < 1.29 is 19.7 Å². The van der Waals surface area contributed by atoms with Crippen LogP contribution in [0.2, 0.25) is 0 Å². The highest BCUT2D eigenvalue weighted by molar-refractivity contribution is 5.70. The second-order valence-corrected chi connectivity index (χ2v) is 3.45. The SMILES string of the molecule is CCOC(=O)CC(O)C(O)c1cncn1C. The Morgan fingerprint density at radius 1 is 1.62 bits per heavy atom. The largest absolute Gasteiger partial charge is 0.466 e. The first-order valence-electron chi connectivity index (χ1n) is 5.04. The zero-order valence-corrected chi connectivity index (χ0v) is 9.33. The molecule has 2 N–H and O–H groups in total. The number of nitrogens with zero attached hydrogens (tertiary/aromatic N) is 2. The van der Waals surface area contributed by atoms with Crippen LogP contribution in [0.5, 0.6) is 0 Å². The van der Waals surface area contributed by atoms with Crippen LogP contribution in [0.3, 0.4) is 0 Å². The van der Waals surface area contributed by atoms with Crippen molar-refractivity contribution in [3.05, 3.63) is 18.2 Å². The second kappa shape index (κ2) is 5.62. The van der Waals surface area contributed by atoms with E-state index < -0.39 is 18.2 Å². The molecule has 0 fully saturated rings. The predicted molar refractivity (Wildman–Crippen MR) is 55.4 cm³/mol. The Balaban J connectivity index is 2.57. The van der Waals surface area contributed by atoms with Gasteiger partial charge in [0.25, 0.3) is 0 Å². The van der Waals surface area contributed by atoms with Crippen LogP contribution in [0.1, 0.15) is 25.1 Å². The molecule has 6 heteroatoms. The van der Waals surface area contributed by atoms with Crippen LogP contribution in [0, 0.1) is 0 Å². The molecule has 1 heterocycles. The average molecular weight is 228 g/mol. The quantitative estimate of drug-likeness (QED) is 0.680. The van der Waals surface area contributed by atoms with Gasteiger partial charge in [-0.1, -0.05) is 0 Å². The van der Waals surface area contributed by atoms with Gasteiger partial charge in [-0.2, -0.15) is 0 Å². The molecule has 1 aromatic heterocycles. The van der Waals surface area contributed by atoms with E-state index in [1.54, 1.807) is 18.5 Å². The van der Waals surface area contributed by atoms with Gasteiger partial charge in [-0.15, -0.1) is 0 Å². The molecule has 2 unspecified atom stereocenters. The van der Waals surface area contributed by atoms with Gasteiger partial charge in [0.15, 0.2) is 0 Å². The topological polar surface area (TPSA) is 84.6 Å². The minimum atomic E-state index is -1.19. The van der Waals surface area contributed by atoms with E-state index in [4.69, 9.17) is 0 Å². The first-order chi connectivity index (χ1) is 7.56. The molecule has 0 saturated carbocycles. The van der Waals surface area contributed by atoms with Gasteiger partial charge < -0.3 is 19.5 Å². The van der Waals surface area contributed by atoms with Crippen molar-refractivity contribution in [3.63, 3.8) is 0 Å². The van der Waals surface area contributed by atoms with Gasteiger partial charge in [0.2, 0.25) is 0 Å². The number of hydrogen-bond acceptors (Lipinski definition) is 5. The molecule has 1 rings (SSSR count). The standard InChI is InChI=1S/C10H16N2O4/c1-3-16-9(14)4-8(13)10(15)7-5-11-6-12(7)2/h5-6,8,10,13,15H,3-4H2,1-2H3. The van der Waals surface area contributed by atoms with Gasteiger partial charge in [-0.25, -0.2) is 4.98 Å². The minimum Gasteiger partial charge on any atom is -0.466 e. The van der Waals surface area contributed by atoms with Crippen LogP contribution in [0.25, 0.3) is 0 Å². The Kier molecular flexibility index (Phi) is 4.45. The maximum absolute atomic E-state index is 11.1. The lowest BCUT2D eigenvalue weighted by molar-refractivity contribution is -0.147. The summed E-state index contributed by atoms with van der Waals surface area (Å²) in [5, 5.41) is 19.4. The van der Waals surface area contributed by atoms with E-state index in [9.17, 15) is 15.0 Å². The molecular weight excluding hydrogens is 212 g/mol. The molecule has 90 valence electrons. The molecule has 2 atom stereocenters. The Hall–Kier alpha value is -1.40. The number of aliphatic hydroxyl groups excluding tert-OH is 2. The normalized spacial score (nSPS) is 14.5. The number of aromatic nitrogens is 2. The lowest BCUT2D eigenvalue weighted by Gasteiger charge is -2.17. The van der Waals surface area contributed by atoms with E-state index >= 15 is 0 Å². The van der Waals surface area contributed by atoms with Crippen molar-refractivity contribution in [2.45, 2.75) is 25.6 Å². The fraction of sp³-hybridized carbons (Fsp3) is 0.600. The second-order valence-electron chi connectivity index (χ2n) is 3.45. The number of rotatable bonds is 5. The minimum absolute atomic E-state index is 0.236. The molecule has 0 bridgehead atoms. The van der Waals surface area contributed by atoms with Crippen LogP contribution in [0.4, 0.5) is 0 Å². The number of carbonyl (C=O) groups is 1. The molecule has 1 aromatic rings. The van der Waals surface area contributed by atoms with E-state index in [0.29, 0.717) is 5.69 Å². The summed E-state index contributed by atoms with van der Waals surface area (Å²) in [7, 11) is 1.70. The van der Waals surface area contributed by atoms with Gasteiger partial charge in [0, 0.05) is 7.05 Å². The zero-order chi connectivity index (χ0) is 12.1. The summed E-state index contributed by atoms with van der Waals surface area (Å²) in [6, 6.07) is 0. The summed E-state index contributed by atoms with van der Waals surface area (Å²) in [6.45, 7) is 1.94. The number of ether oxygens (including phenoxy) is 1. The average Bonchev–Trinajstić information content (AvgIpc) is 2.63. The van der Waals surface area contributed by atoms with Crippen LogP contribution >= 0.6 is 0 Å². The molecule has 6 nitrogen and oxygen atoms in total. The van der Waals surface area contributed by atoms with E-state index in [2.05, 4.69) is 9.72 Å². The monoisotopic (exact) mass is 228 g/mol. The summed E-state index contributed by atoms with van der Waals surface area (Å²) in [5.41, 5.74) is 0.455. The lowest BCUT2D eigenvalue weighted by atomic mass is 10.1. The summed E-state index contributed by atoms with van der Waals surface area (Å²) in [6.07, 6.45) is 0.390. The Labute approximate surface area is 93.5 Å². The molecule has 0 aliphatic rings. The van der Waals surface area contributed by atoms with E-state index in [0.717, 1.165) is 0 Å². The van der Waals surface area contributed by atoms with Crippen molar-refractivity contribution in [1.82, 2.24) is 9.55 Å². The number of hydrogen-bond donors (Lipinski definition) is 2. The van der Waals surface area contributed by atoms with Gasteiger partial charge in [-0.3, -0.25) is 4.79 Å². The third-order valence-corrected chi connectivity index (χ3v) is 2.20. The third kappa shape index (κ3) is 3.04. The number of carbonyl (C=O) groups excluding carboxylic acids is 1. The van der Waals surface area contributed by atoms with Gasteiger partial charge in [-0.05, 0) is 6.92 Å². The van der Waals surface area contributed by atoms with Crippen molar-refractivity contribution >= 4 is 5.97 Å². The van der Waals surface area contributed by atoms with Crippen LogP contribution in [0.15, 0.2) is 12.5 Å². The van der Waals surface area contributed by atoms with Gasteiger partial charge >= 0.3 is 5.97 Å². The van der Waals surface area contributed by atoms with Crippen molar-refractivity contribution in [2.75, 3.05) is 6.61 Å². The molecule has 0 spiro atoms. The molecule has 0 radical (unpaired) electrons. The summed E-state index contributed by atoms with van der Waals surface area (Å²) < 4.78 is 6.26. The molecule has 0 saturated heterocycles. The van der Waals surface area contributed by atoms with Crippen molar-refractivity contribution in [1.29, 1.82) is 0 Å². The van der Waals surface area contributed by atoms with Gasteiger partial charge in [0.1, 0.15) is 6.10 Å². The fourth-order valence-corrected chi connectivity index (χ4v) is 1.35. The molecule has 0 aromatic carbocycles. The number of esters is 1. The van der Waals surface area contributed by atoms with Crippen LogP contribution in [-0.4, -0.2) is 38.4 Å². The van der Waals surface area contributed by atoms with Crippen molar-refractivity contribution in [2.24, 2.45) is 7.05 Å². The van der Waals surface area contributed by atoms with Gasteiger partial charge in [0.05, 0.1) is 37.3 Å². The fourth-order valence-electron chi connectivity index (χ4n) is 1.35. The molecule has 16 heavy (non-hydrogen) atoms. The van der Waals surface area contributed by atoms with Crippen LogP contribution < -0.4 is 0 Å². The highest BCUT2D eigenvalue weighted by Crippen LogP contribution is 2.18. The smallest absolute Gasteiger partial charge is 0.308 e. The van der Waals surface area contributed by atoms with E-state index in [1.807, 2.05) is 0 Å². The molecule has 0 amide bonds. The number of imidazole rings is 1. The summed E-state index contributed by atoms with van der Waals surface area (Å²) in [5.74, 6) is -0.531. The highest BCUT2D eigenvalue weighted by atomic mass is 16.5. The van der Waals surface area contributed by atoms with E-state index in [1.165, 1.54) is 12.5 Å². The number of aryl methyl sites for hydroxylation is 1. The molecule has 0 aliphatic carbocycles. The summed E-state index contributed by atoms with van der Waals surface area (Å²) >= 11 is 0. The molecule has 0 aliphatic heterocycles. The number of aliphatic hydroxyl groups is 2. The van der Waals surface area contributed by atoms with Crippen molar-refractivity contribution in [3.8, 4) is 0 Å². The Morgan fingerprint density at radius 2 is 2.31 bits per heavy atom. The zero-order valence-electron chi connectivity index (χ0n) is 9.33. The first kappa shape index (κ1) is 12.7. The van der Waals surface area contributed by atoms with E-state index in [-0.39, 0.29) is 13.0 Å². The Bertz CT molecular complexity index is 350.